The second kappa shape index (κ2) is 5.16. The molecule has 2 nitrogen and oxygen atoms in total. The molecule has 1 aliphatic heterocycles. The van der Waals surface area contributed by atoms with Crippen LogP contribution in [-0.4, -0.2) is 30.1 Å². The molecule has 2 saturated carbocycles. The summed E-state index contributed by atoms with van der Waals surface area (Å²) in [7, 11) is 0. The fourth-order valence-electron chi connectivity index (χ4n) is 4.48. The van der Waals surface area contributed by atoms with Crippen LogP contribution in [0.4, 0.5) is 0 Å². The first-order valence-electron chi connectivity index (χ1n) is 8.34. The predicted octanol–water partition coefficient (Wildman–Crippen LogP) is 3.18. The van der Waals surface area contributed by atoms with Crippen LogP contribution in [0, 0.1) is 5.41 Å². The second-order valence-corrected chi connectivity index (χ2v) is 7.33. The van der Waals surface area contributed by atoms with Crippen LogP contribution in [0.1, 0.15) is 44.1 Å². The van der Waals surface area contributed by atoms with Crippen LogP contribution in [0.3, 0.4) is 0 Å². The number of hydrogen-bond donors (Lipinski definition) is 1. The Balaban J connectivity index is 1.22. The van der Waals surface area contributed by atoms with Crippen molar-refractivity contribution in [3.63, 3.8) is 0 Å². The molecule has 0 bridgehead atoms. The normalized spacial score (nSPS) is 29.3. The summed E-state index contributed by atoms with van der Waals surface area (Å²) in [6, 6.07) is 12.4. The third kappa shape index (κ3) is 2.51. The minimum absolute atomic E-state index is 0.737. The zero-order chi connectivity index (χ0) is 13.4. The first kappa shape index (κ1) is 12.8. The van der Waals surface area contributed by atoms with Gasteiger partial charge in [0.1, 0.15) is 0 Å². The molecule has 2 heteroatoms. The van der Waals surface area contributed by atoms with E-state index in [-0.39, 0.29) is 0 Å². The maximum absolute atomic E-state index is 3.91. The number of hydrogen-bond acceptors (Lipinski definition) is 2. The van der Waals surface area contributed by atoms with Gasteiger partial charge in [0, 0.05) is 31.7 Å². The van der Waals surface area contributed by atoms with E-state index < -0.39 is 0 Å². The van der Waals surface area contributed by atoms with Gasteiger partial charge in [-0.2, -0.15) is 0 Å². The van der Waals surface area contributed by atoms with Gasteiger partial charge in [-0.1, -0.05) is 36.8 Å². The van der Waals surface area contributed by atoms with Crippen molar-refractivity contribution in [1.82, 2.24) is 10.2 Å². The molecule has 1 aromatic carbocycles. The van der Waals surface area contributed by atoms with Gasteiger partial charge in [-0.05, 0) is 43.1 Å². The number of nitrogens with one attached hydrogen (secondary N) is 1. The molecule has 1 atom stereocenters. The molecular formula is C18H26N2. The largest absolute Gasteiger partial charge is 0.310 e. The smallest absolute Gasteiger partial charge is 0.0234 e. The summed E-state index contributed by atoms with van der Waals surface area (Å²) in [5.74, 6) is 0. The van der Waals surface area contributed by atoms with Crippen LogP contribution in [0.15, 0.2) is 30.3 Å². The zero-order valence-corrected chi connectivity index (χ0v) is 12.4. The summed E-state index contributed by atoms with van der Waals surface area (Å²) in [4.78, 5) is 2.60. The fraction of sp³-hybridized carbons (Fsp3) is 0.667. The molecule has 1 aromatic rings. The van der Waals surface area contributed by atoms with Crippen molar-refractivity contribution in [1.29, 1.82) is 0 Å². The standard InChI is InChI=1S/C18H26N2/c1-2-5-15(6-3-1)13-20-10-7-16(14-20)19-17-11-18(12-17)8-4-9-18/h1-3,5-6,16-17,19H,4,7-14H2. The molecule has 108 valence electrons. The highest BCUT2D eigenvalue weighted by Gasteiger charge is 2.48. The van der Waals surface area contributed by atoms with Gasteiger partial charge in [-0.25, -0.2) is 0 Å². The second-order valence-electron chi connectivity index (χ2n) is 7.33. The van der Waals surface area contributed by atoms with E-state index >= 15 is 0 Å². The highest BCUT2D eigenvalue weighted by atomic mass is 15.2. The van der Waals surface area contributed by atoms with Gasteiger partial charge in [-0.3, -0.25) is 4.90 Å². The van der Waals surface area contributed by atoms with Crippen molar-refractivity contribution in [2.45, 2.75) is 57.2 Å². The molecule has 0 aromatic heterocycles. The molecule has 20 heavy (non-hydrogen) atoms. The molecule has 2 aliphatic carbocycles. The van der Waals surface area contributed by atoms with Gasteiger partial charge in [0.2, 0.25) is 0 Å². The predicted molar refractivity (Wildman–Crippen MR) is 82.6 cm³/mol. The minimum atomic E-state index is 0.737. The van der Waals surface area contributed by atoms with Crippen LogP contribution in [0.2, 0.25) is 0 Å². The first-order valence-corrected chi connectivity index (χ1v) is 8.34. The SMILES string of the molecule is c1ccc(CN2CCC(NC3CC4(CCC4)C3)C2)cc1. The van der Waals surface area contributed by atoms with Crippen LogP contribution in [-0.2, 0) is 6.54 Å². The molecule has 1 N–H and O–H groups in total. The Kier molecular flexibility index (Phi) is 3.31. The van der Waals surface area contributed by atoms with E-state index in [1.54, 1.807) is 0 Å². The summed E-state index contributed by atoms with van der Waals surface area (Å²) in [5.41, 5.74) is 2.25. The summed E-state index contributed by atoms with van der Waals surface area (Å²) in [6.07, 6.45) is 8.76. The van der Waals surface area contributed by atoms with Gasteiger partial charge in [0.15, 0.2) is 0 Å². The molecule has 0 radical (unpaired) electrons. The molecule has 1 heterocycles. The van der Waals surface area contributed by atoms with E-state index in [2.05, 4.69) is 40.5 Å². The number of likely N-dealkylation sites (tertiary alicyclic amines) is 1. The monoisotopic (exact) mass is 270 g/mol. The van der Waals surface area contributed by atoms with Crippen LogP contribution < -0.4 is 5.32 Å². The van der Waals surface area contributed by atoms with E-state index in [0.717, 1.165) is 24.0 Å². The summed E-state index contributed by atoms with van der Waals surface area (Å²) < 4.78 is 0. The van der Waals surface area contributed by atoms with Gasteiger partial charge in [-0.15, -0.1) is 0 Å². The Bertz CT molecular complexity index is 444. The van der Waals surface area contributed by atoms with Crippen molar-refractivity contribution in [3.05, 3.63) is 35.9 Å². The molecule has 3 fully saturated rings. The lowest BCUT2D eigenvalue weighted by atomic mass is 9.54. The Morgan fingerprint density at radius 2 is 1.90 bits per heavy atom. The third-order valence-electron chi connectivity index (χ3n) is 5.77. The molecule has 4 rings (SSSR count). The lowest BCUT2D eigenvalue weighted by Gasteiger charge is -2.55. The highest BCUT2D eigenvalue weighted by Crippen LogP contribution is 2.55. The van der Waals surface area contributed by atoms with Crippen molar-refractivity contribution in [2.24, 2.45) is 5.41 Å². The van der Waals surface area contributed by atoms with Crippen molar-refractivity contribution >= 4 is 0 Å². The average Bonchev–Trinajstić information content (AvgIpc) is 2.80. The Labute approximate surface area is 122 Å². The van der Waals surface area contributed by atoms with Crippen molar-refractivity contribution < 1.29 is 0 Å². The Morgan fingerprint density at radius 1 is 1.10 bits per heavy atom. The molecule has 1 saturated heterocycles. The van der Waals surface area contributed by atoms with E-state index in [1.807, 2.05) is 0 Å². The third-order valence-corrected chi connectivity index (χ3v) is 5.77. The number of benzene rings is 1. The molecule has 3 aliphatic rings. The number of rotatable bonds is 4. The average molecular weight is 270 g/mol. The fourth-order valence-corrected chi connectivity index (χ4v) is 4.48. The summed E-state index contributed by atoms with van der Waals surface area (Å²) in [6.45, 7) is 3.61. The quantitative estimate of drug-likeness (QED) is 0.904. The van der Waals surface area contributed by atoms with Gasteiger partial charge < -0.3 is 5.32 Å². The van der Waals surface area contributed by atoms with Gasteiger partial charge >= 0.3 is 0 Å². The van der Waals surface area contributed by atoms with Crippen molar-refractivity contribution in [3.8, 4) is 0 Å². The topological polar surface area (TPSA) is 15.3 Å². The number of nitrogens with zero attached hydrogens (tertiary/aromatic N) is 1. The van der Waals surface area contributed by atoms with Gasteiger partial charge in [0.25, 0.3) is 0 Å². The van der Waals surface area contributed by atoms with E-state index in [9.17, 15) is 0 Å². The molecule has 1 spiro atoms. The van der Waals surface area contributed by atoms with Crippen molar-refractivity contribution in [2.75, 3.05) is 13.1 Å². The van der Waals surface area contributed by atoms with Crippen LogP contribution in [0.5, 0.6) is 0 Å². The molecule has 1 unspecified atom stereocenters. The van der Waals surface area contributed by atoms with Crippen LogP contribution >= 0.6 is 0 Å². The van der Waals surface area contributed by atoms with Gasteiger partial charge in [0.05, 0.1) is 0 Å². The first-order chi connectivity index (χ1) is 9.81. The minimum Gasteiger partial charge on any atom is -0.310 e. The van der Waals surface area contributed by atoms with E-state index in [4.69, 9.17) is 0 Å². The van der Waals surface area contributed by atoms with E-state index in [1.165, 1.54) is 57.2 Å². The zero-order valence-electron chi connectivity index (χ0n) is 12.4. The molecular weight excluding hydrogens is 244 g/mol. The maximum Gasteiger partial charge on any atom is 0.0234 e. The Morgan fingerprint density at radius 3 is 2.60 bits per heavy atom. The highest BCUT2D eigenvalue weighted by molar-refractivity contribution is 5.14. The molecule has 0 amide bonds. The van der Waals surface area contributed by atoms with E-state index in [0.29, 0.717) is 0 Å². The summed E-state index contributed by atoms with van der Waals surface area (Å²) >= 11 is 0. The lowest BCUT2D eigenvalue weighted by molar-refractivity contribution is -0.00574. The Hall–Kier alpha value is -0.860. The summed E-state index contributed by atoms with van der Waals surface area (Å²) in [5, 5.41) is 3.91. The lowest BCUT2D eigenvalue weighted by Crippen LogP contribution is -2.55. The maximum atomic E-state index is 3.91. The van der Waals surface area contributed by atoms with Crippen LogP contribution in [0.25, 0.3) is 0 Å².